The van der Waals surface area contributed by atoms with Crippen LogP contribution in [-0.2, 0) is 0 Å². The molecule has 0 aromatic heterocycles. The number of ether oxygens (including phenoxy) is 1. The first kappa shape index (κ1) is 15.0. The van der Waals surface area contributed by atoms with E-state index in [1.54, 1.807) is 0 Å². The molecule has 1 aromatic carbocycles. The summed E-state index contributed by atoms with van der Waals surface area (Å²) in [6.45, 7) is 7.24. The minimum Gasteiger partial charge on any atom is -0.494 e. The molecule has 2 heteroatoms. The van der Waals surface area contributed by atoms with Crippen LogP contribution in [0.3, 0.4) is 0 Å². The minimum absolute atomic E-state index is 0.367. The van der Waals surface area contributed by atoms with E-state index in [0.29, 0.717) is 5.92 Å². The third-order valence-electron chi connectivity index (χ3n) is 2.97. The van der Waals surface area contributed by atoms with Crippen molar-refractivity contribution in [1.82, 2.24) is 0 Å². The van der Waals surface area contributed by atoms with Crippen molar-refractivity contribution in [3.8, 4) is 5.75 Å². The first-order chi connectivity index (χ1) is 8.63. The highest BCUT2D eigenvalue weighted by molar-refractivity contribution is 5.29. The van der Waals surface area contributed by atoms with Crippen molar-refractivity contribution < 1.29 is 9.84 Å². The average molecular weight is 250 g/mol. The minimum atomic E-state index is -0.367. The summed E-state index contributed by atoms with van der Waals surface area (Å²) in [5.41, 5.74) is 0.965. The Morgan fingerprint density at radius 2 is 2.00 bits per heavy atom. The maximum atomic E-state index is 10.1. The lowest BCUT2D eigenvalue weighted by Gasteiger charge is -2.13. The molecular formula is C16H26O2. The molecule has 2 nitrogen and oxygen atoms in total. The fourth-order valence-electron chi connectivity index (χ4n) is 1.92. The van der Waals surface area contributed by atoms with E-state index in [1.165, 1.54) is 6.42 Å². The molecule has 18 heavy (non-hydrogen) atoms. The van der Waals surface area contributed by atoms with E-state index in [0.717, 1.165) is 37.2 Å². The zero-order chi connectivity index (χ0) is 13.4. The molecule has 0 spiro atoms. The first-order valence-corrected chi connectivity index (χ1v) is 7.04. The SMILES string of the molecule is CCCOc1cccc(C(O)CCCC(C)C)c1. The molecule has 0 aliphatic carbocycles. The van der Waals surface area contributed by atoms with Gasteiger partial charge in [-0.25, -0.2) is 0 Å². The van der Waals surface area contributed by atoms with E-state index >= 15 is 0 Å². The third-order valence-corrected chi connectivity index (χ3v) is 2.97. The molecule has 0 bridgehead atoms. The summed E-state index contributed by atoms with van der Waals surface area (Å²) in [4.78, 5) is 0. The Balaban J connectivity index is 2.48. The molecular weight excluding hydrogens is 224 g/mol. The van der Waals surface area contributed by atoms with Gasteiger partial charge in [0.15, 0.2) is 0 Å². The van der Waals surface area contributed by atoms with Crippen molar-refractivity contribution in [3.63, 3.8) is 0 Å². The van der Waals surface area contributed by atoms with Crippen LogP contribution in [0.2, 0.25) is 0 Å². The lowest BCUT2D eigenvalue weighted by atomic mass is 10.00. The second kappa shape index (κ2) is 8.15. The molecule has 0 aliphatic heterocycles. The topological polar surface area (TPSA) is 29.5 Å². The standard InChI is InChI=1S/C16H26O2/c1-4-11-18-15-9-6-8-14(12-15)16(17)10-5-7-13(2)3/h6,8-9,12-13,16-17H,4-5,7,10-11H2,1-3H3. The average Bonchev–Trinajstić information content (AvgIpc) is 2.36. The van der Waals surface area contributed by atoms with Crippen molar-refractivity contribution in [2.45, 2.75) is 52.6 Å². The molecule has 0 aliphatic rings. The Morgan fingerprint density at radius 3 is 2.67 bits per heavy atom. The molecule has 0 amide bonds. The summed E-state index contributed by atoms with van der Waals surface area (Å²) in [7, 11) is 0. The second-order valence-electron chi connectivity index (χ2n) is 5.26. The van der Waals surface area contributed by atoms with E-state index in [-0.39, 0.29) is 6.10 Å². The zero-order valence-electron chi connectivity index (χ0n) is 11.9. The smallest absolute Gasteiger partial charge is 0.119 e. The van der Waals surface area contributed by atoms with Gasteiger partial charge in [0.05, 0.1) is 12.7 Å². The predicted molar refractivity (Wildman–Crippen MR) is 75.9 cm³/mol. The van der Waals surface area contributed by atoms with Crippen molar-refractivity contribution in [3.05, 3.63) is 29.8 Å². The van der Waals surface area contributed by atoms with Gasteiger partial charge in [-0.1, -0.05) is 45.7 Å². The Labute approximate surface area is 111 Å². The van der Waals surface area contributed by atoms with Gasteiger partial charge in [-0.05, 0) is 36.5 Å². The molecule has 0 fully saturated rings. The second-order valence-corrected chi connectivity index (χ2v) is 5.26. The van der Waals surface area contributed by atoms with Gasteiger partial charge in [0.1, 0.15) is 5.75 Å². The maximum absolute atomic E-state index is 10.1. The third kappa shape index (κ3) is 5.54. The zero-order valence-corrected chi connectivity index (χ0v) is 11.9. The molecule has 1 aromatic rings. The van der Waals surface area contributed by atoms with Crippen LogP contribution in [0.25, 0.3) is 0 Å². The van der Waals surface area contributed by atoms with Crippen LogP contribution in [0.5, 0.6) is 5.75 Å². The Morgan fingerprint density at radius 1 is 1.22 bits per heavy atom. The van der Waals surface area contributed by atoms with Crippen LogP contribution in [-0.4, -0.2) is 11.7 Å². The Kier molecular flexibility index (Phi) is 6.81. The van der Waals surface area contributed by atoms with Gasteiger partial charge < -0.3 is 9.84 Å². The number of hydrogen-bond acceptors (Lipinski definition) is 2. The van der Waals surface area contributed by atoms with Crippen molar-refractivity contribution >= 4 is 0 Å². The summed E-state index contributed by atoms with van der Waals surface area (Å²) in [6, 6.07) is 7.82. The molecule has 0 radical (unpaired) electrons. The predicted octanol–water partition coefficient (Wildman–Crippen LogP) is 4.34. The van der Waals surface area contributed by atoms with E-state index in [9.17, 15) is 5.11 Å². The molecule has 0 heterocycles. The lowest BCUT2D eigenvalue weighted by molar-refractivity contribution is 0.161. The number of benzene rings is 1. The fourth-order valence-corrected chi connectivity index (χ4v) is 1.92. The molecule has 1 N–H and O–H groups in total. The molecule has 0 saturated carbocycles. The van der Waals surface area contributed by atoms with Gasteiger partial charge in [0.25, 0.3) is 0 Å². The molecule has 0 saturated heterocycles. The van der Waals surface area contributed by atoms with Crippen LogP contribution < -0.4 is 4.74 Å². The summed E-state index contributed by atoms with van der Waals surface area (Å²) in [5.74, 6) is 1.56. The van der Waals surface area contributed by atoms with Crippen LogP contribution in [0.15, 0.2) is 24.3 Å². The van der Waals surface area contributed by atoms with Gasteiger partial charge in [-0.15, -0.1) is 0 Å². The highest BCUT2D eigenvalue weighted by Gasteiger charge is 2.08. The Hall–Kier alpha value is -1.02. The monoisotopic (exact) mass is 250 g/mol. The van der Waals surface area contributed by atoms with Gasteiger partial charge in [-0.2, -0.15) is 0 Å². The number of aliphatic hydroxyl groups excluding tert-OH is 1. The van der Waals surface area contributed by atoms with Crippen LogP contribution in [0.4, 0.5) is 0 Å². The van der Waals surface area contributed by atoms with E-state index in [2.05, 4.69) is 20.8 Å². The molecule has 1 atom stereocenters. The van der Waals surface area contributed by atoms with Gasteiger partial charge in [0.2, 0.25) is 0 Å². The molecule has 1 unspecified atom stereocenters. The number of hydrogen-bond donors (Lipinski definition) is 1. The summed E-state index contributed by atoms with van der Waals surface area (Å²) >= 11 is 0. The highest BCUT2D eigenvalue weighted by atomic mass is 16.5. The number of rotatable bonds is 8. The van der Waals surface area contributed by atoms with Gasteiger partial charge >= 0.3 is 0 Å². The van der Waals surface area contributed by atoms with Crippen molar-refractivity contribution in [2.24, 2.45) is 5.92 Å². The highest BCUT2D eigenvalue weighted by Crippen LogP contribution is 2.24. The van der Waals surface area contributed by atoms with Crippen molar-refractivity contribution in [1.29, 1.82) is 0 Å². The van der Waals surface area contributed by atoms with Gasteiger partial charge in [-0.3, -0.25) is 0 Å². The quantitative estimate of drug-likeness (QED) is 0.744. The first-order valence-electron chi connectivity index (χ1n) is 7.04. The van der Waals surface area contributed by atoms with Gasteiger partial charge in [0, 0.05) is 0 Å². The van der Waals surface area contributed by atoms with Crippen LogP contribution >= 0.6 is 0 Å². The van der Waals surface area contributed by atoms with E-state index in [1.807, 2.05) is 24.3 Å². The maximum Gasteiger partial charge on any atom is 0.119 e. The largest absolute Gasteiger partial charge is 0.494 e. The molecule has 1 rings (SSSR count). The Bertz CT molecular complexity index is 334. The number of aliphatic hydroxyl groups is 1. The molecule has 102 valence electrons. The summed E-state index contributed by atoms with van der Waals surface area (Å²) in [5, 5.41) is 10.1. The lowest BCUT2D eigenvalue weighted by Crippen LogP contribution is -2.00. The van der Waals surface area contributed by atoms with Crippen molar-refractivity contribution in [2.75, 3.05) is 6.61 Å². The van der Waals surface area contributed by atoms with Crippen LogP contribution in [0, 0.1) is 5.92 Å². The van der Waals surface area contributed by atoms with E-state index in [4.69, 9.17) is 4.74 Å². The summed E-state index contributed by atoms with van der Waals surface area (Å²) in [6.07, 6.45) is 3.70. The van der Waals surface area contributed by atoms with E-state index < -0.39 is 0 Å². The van der Waals surface area contributed by atoms with Crippen LogP contribution in [0.1, 0.15) is 58.1 Å². The summed E-state index contributed by atoms with van der Waals surface area (Å²) < 4.78 is 5.58. The fraction of sp³-hybridized carbons (Fsp3) is 0.625. The normalized spacial score (nSPS) is 12.7.